The summed E-state index contributed by atoms with van der Waals surface area (Å²) < 4.78 is 4.74. The molecule has 8 nitrogen and oxygen atoms in total. The van der Waals surface area contributed by atoms with Gasteiger partial charge in [-0.05, 0) is 48.5 Å². The lowest BCUT2D eigenvalue weighted by atomic mass is 10.1. The van der Waals surface area contributed by atoms with Gasteiger partial charge in [-0.15, -0.1) is 0 Å². The van der Waals surface area contributed by atoms with Gasteiger partial charge in [0.2, 0.25) is 0 Å². The average molecular weight is 871 g/mol. The third kappa shape index (κ3) is 6.78. The van der Waals surface area contributed by atoms with E-state index in [1.807, 2.05) is 121 Å². The van der Waals surface area contributed by atoms with E-state index in [1.54, 1.807) is 0 Å². The molecule has 8 heteroatoms. The molecule has 0 fully saturated rings. The fourth-order valence-electron chi connectivity index (χ4n) is 9.43. The lowest BCUT2D eigenvalue weighted by Crippen LogP contribution is -2.01. The minimum absolute atomic E-state index is 0.609. The Labute approximate surface area is 391 Å². The summed E-state index contributed by atoms with van der Waals surface area (Å²) in [4.78, 5) is 30.2. The van der Waals surface area contributed by atoms with Crippen LogP contribution in [0.2, 0.25) is 0 Å². The topological polar surface area (TPSA) is 87.2 Å². The minimum atomic E-state index is 0.609. The highest BCUT2D eigenvalue weighted by Crippen LogP contribution is 2.40. The quantitative estimate of drug-likeness (QED) is 0.151. The third-order valence-electron chi connectivity index (χ3n) is 12.6. The first-order valence-electron chi connectivity index (χ1n) is 22.6. The Morgan fingerprint density at radius 3 is 0.824 bits per heavy atom. The molecule has 13 rings (SSSR count). The van der Waals surface area contributed by atoms with E-state index in [0.717, 1.165) is 88.4 Å². The van der Waals surface area contributed by atoms with Crippen molar-refractivity contribution in [2.45, 2.75) is 0 Å². The van der Waals surface area contributed by atoms with Gasteiger partial charge < -0.3 is 9.13 Å². The Morgan fingerprint density at radius 1 is 0.206 bits per heavy atom. The van der Waals surface area contributed by atoms with Gasteiger partial charge in [-0.25, -0.2) is 29.9 Å². The minimum Gasteiger partial charge on any atom is -0.309 e. The van der Waals surface area contributed by atoms with Crippen molar-refractivity contribution in [3.05, 3.63) is 231 Å². The van der Waals surface area contributed by atoms with Crippen LogP contribution in [0.15, 0.2) is 231 Å². The van der Waals surface area contributed by atoms with E-state index in [1.165, 1.54) is 0 Å². The van der Waals surface area contributed by atoms with Crippen LogP contribution in [-0.4, -0.2) is 39.0 Å². The number of hydrogen-bond acceptors (Lipinski definition) is 6. The molecule has 13 aromatic rings. The van der Waals surface area contributed by atoms with E-state index in [-0.39, 0.29) is 0 Å². The number of aromatic nitrogens is 8. The van der Waals surface area contributed by atoms with Crippen molar-refractivity contribution in [3.63, 3.8) is 0 Å². The molecule has 0 N–H and O–H groups in total. The van der Waals surface area contributed by atoms with Crippen LogP contribution in [0.5, 0.6) is 0 Å². The van der Waals surface area contributed by atoms with Crippen molar-refractivity contribution in [2.75, 3.05) is 0 Å². The van der Waals surface area contributed by atoms with Crippen molar-refractivity contribution in [3.8, 4) is 79.7 Å². The maximum Gasteiger partial charge on any atom is 0.164 e. The highest BCUT2D eigenvalue weighted by molar-refractivity contribution is 6.19. The molecular weight excluding hydrogens is 833 g/mol. The lowest BCUT2D eigenvalue weighted by Gasteiger charge is -2.12. The zero-order valence-corrected chi connectivity index (χ0v) is 36.5. The SMILES string of the molecule is c1ccc(-c2nc(-c3ccccc3)nc(-c3cccc(-n4c5ccccc5c5cc6c(cc54)c4ccccc4n6-c4cccc(-c5nc(-c6ccccc6)nc(-c6ccccc6)n5)c4)c3)n2)cc1. The van der Waals surface area contributed by atoms with Crippen LogP contribution in [0.1, 0.15) is 0 Å². The first-order chi connectivity index (χ1) is 33.7. The van der Waals surface area contributed by atoms with Crippen LogP contribution in [-0.2, 0) is 0 Å². The molecule has 0 saturated heterocycles. The van der Waals surface area contributed by atoms with Crippen LogP contribution in [0.4, 0.5) is 0 Å². The summed E-state index contributed by atoms with van der Waals surface area (Å²) in [5.41, 5.74) is 12.0. The van der Waals surface area contributed by atoms with Gasteiger partial charge in [0, 0.05) is 66.3 Å². The maximum atomic E-state index is 5.07. The molecule has 0 spiro atoms. The number of rotatable bonds is 8. The number of benzene rings is 9. The fourth-order valence-corrected chi connectivity index (χ4v) is 9.43. The summed E-state index contributed by atoms with van der Waals surface area (Å²) in [5.74, 6) is 3.73. The molecule has 0 radical (unpaired) electrons. The van der Waals surface area contributed by atoms with Crippen LogP contribution in [0.25, 0.3) is 123 Å². The largest absolute Gasteiger partial charge is 0.309 e. The predicted molar refractivity (Wildman–Crippen MR) is 275 cm³/mol. The molecule has 0 unspecified atom stereocenters. The highest BCUT2D eigenvalue weighted by atomic mass is 15.1. The third-order valence-corrected chi connectivity index (χ3v) is 12.6. The Hall–Kier alpha value is -9.40. The van der Waals surface area contributed by atoms with E-state index in [9.17, 15) is 0 Å². The fraction of sp³-hybridized carbons (Fsp3) is 0. The average Bonchev–Trinajstić information content (AvgIpc) is 3.93. The second-order valence-corrected chi connectivity index (χ2v) is 16.8. The summed E-state index contributed by atoms with van der Waals surface area (Å²) >= 11 is 0. The number of para-hydroxylation sites is 2. The lowest BCUT2D eigenvalue weighted by molar-refractivity contribution is 1.07. The molecule has 68 heavy (non-hydrogen) atoms. The van der Waals surface area contributed by atoms with Gasteiger partial charge in [-0.3, -0.25) is 0 Å². The zero-order chi connectivity index (χ0) is 45.0. The van der Waals surface area contributed by atoms with Crippen LogP contribution in [0.3, 0.4) is 0 Å². The van der Waals surface area contributed by atoms with Gasteiger partial charge in [0.05, 0.1) is 22.1 Å². The predicted octanol–water partition coefficient (Wildman–Crippen LogP) is 14.3. The normalized spacial score (nSPS) is 11.5. The summed E-state index contributed by atoms with van der Waals surface area (Å²) in [5, 5.41) is 4.61. The van der Waals surface area contributed by atoms with Crippen LogP contribution in [0, 0.1) is 0 Å². The molecule has 4 aromatic heterocycles. The molecular formula is C60H38N8. The van der Waals surface area contributed by atoms with Crippen molar-refractivity contribution in [1.82, 2.24) is 39.0 Å². The van der Waals surface area contributed by atoms with Gasteiger partial charge in [0.25, 0.3) is 0 Å². The van der Waals surface area contributed by atoms with E-state index < -0.39 is 0 Å². The number of hydrogen-bond donors (Lipinski definition) is 0. The Morgan fingerprint density at radius 2 is 0.485 bits per heavy atom. The van der Waals surface area contributed by atoms with Crippen molar-refractivity contribution in [1.29, 1.82) is 0 Å². The summed E-state index contributed by atoms with van der Waals surface area (Å²) in [6, 6.07) is 79.5. The van der Waals surface area contributed by atoms with Crippen molar-refractivity contribution < 1.29 is 0 Å². The second-order valence-electron chi connectivity index (χ2n) is 16.8. The molecule has 0 atom stereocenters. The van der Waals surface area contributed by atoms with Crippen LogP contribution >= 0.6 is 0 Å². The Kier molecular flexibility index (Phi) is 9.31. The molecule has 4 heterocycles. The molecule has 0 aliphatic carbocycles. The summed E-state index contributed by atoms with van der Waals surface area (Å²) in [6.07, 6.45) is 0. The summed E-state index contributed by atoms with van der Waals surface area (Å²) in [6.45, 7) is 0. The van der Waals surface area contributed by atoms with E-state index >= 15 is 0 Å². The first-order valence-corrected chi connectivity index (χ1v) is 22.6. The van der Waals surface area contributed by atoms with Gasteiger partial charge in [-0.1, -0.05) is 182 Å². The standard InChI is InChI=1S/C60H38N8/c1-5-19-39(20-6-1)55-61-56(40-21-7-2-8-22-40)64-59(63-55)43-27-17-29-45(35-43)67-51-33-15-13-31-47(51)49-38-54-50(37-53(49)67)48-32-14-16-34-52(48)68(54)46-30-18-28-44(36-46)60-65-57(41-23-9-3-10-24-41)62-58(66-60)42-25-11-4-12-26-42/h1-38H. The smallest absolute Gasteiger partial charge is 0.164 e. The van der Waals surface area contributed by atoms with E-state index in [4.69, 9.17) is 29.9 Å². The van der Waals surface area contributed by atoms with E-state index in [2.05, 4.69) is 118 Å². The van der Waals surface area contributed by atoms with Crippen molar-refractivity contribution >= 4 is 43.6 Å². The number of nitrogens with zero attached hydrogens (tertiary/aromatic N) is 8. The molecule has 0 aliphatic rings. The van der Waals surface area contributed by atoms with Crippen LogP contribution < -0.4 is 0 Å². The highest BCUT2D eigenvalue weighted by Gasteiger charge is 2.21. The second kappa shape index (κ2) is 16.2. The maximum absolute atomic E-state index is 5.07. The first kappa shape index (κ1) is 39.0. The Balaban J connectivity index is 0.979. The zero-order valence-electron chi connectivity index (χ0n) is 36.5. The van der Waals surface area contributed by atoms with E-state index in [0.29, 0.717) is 34.9 Å². The van der Waals surface area contributed by atoms with Gasteiger partial charge >= 0.3 is 0 Å². The number of fused-ring (bicyclic) bond motifs is 6. The van der Waals surface area contributed by atoms with Gasteiger partial charge in [0.15, 0.2) is 34.9 Å². The molecule has 0 aliphatic heterocycles. The monoisotopic (exact) mass is 870 g/mol. The molecule has 0 amide bonds. The molecule has 318 valence electrons. The van der Waals surface area contributed by atoms with Gasteiger partial charge in [-0.2, -0.15) is 0 Å². The van der Waals surface area contributed by atoms with Gasteiger partial charge in [0.1, 0.15) is 0 Å². The molecule has 9 aromatic carbocycles. The molecule has 0 bridgehead atoms. The summed E-state index contributed by atoms with van der Waals surface area (Å²) in [7, 11) is 0. The van der Waals surface area contributed by atoms with Crippen molar-refractivity contribution in [2.24, 2.45) is 0 Å². The Bertz CT molecular complexity index is 3640. The molecule has 0 saturated carbocycles.